The summed E-state index contributed by atoms with van der Waals surface area (Å²) in [5.41, 5.74) is 10.1. The maximum Gasteiger partial charge on any atom is 0.0491 e. The summed E-state index contributed by atoms with van der Waals surface area (Å²) in [7, 11) is 1.80. The highest BCUT2D eigenvalue weighted by Crippen LogP contribution is 2.28. The van der Waals surface area contributed by atoms with E-state index in [9.17, 15) is 0 Å². The summed E-state index contributed by atoms with van der Waals surface area (Å²) in [5.74, 6) is 0.716. The molecule has 112 valence electrons. The van der Waals surface area contributed by atoms with Crippen molar-refractivity contribution in [2.24, 2.45) is 11.7 Å². The van der Waals surface area contributed by atoms with Gasteiger partial charge in [-0.25, -0.2) is 0 Å². The van der Waals surface area contributed by atoms with Crippen molar-refractivity contribution in [3.63, 3.8) is 0 Å². The number of aryl methyl sites for hydroxylation is 2. The molecule has 1 aromatic rings. The van der Waals surface area contributed by atoms with E-state index in [0.717, 1.165) is 19.7 Å². The van der Waals surface area contributed by atoms with Crippen LogP contribution in [0.25, 0.3) is 0 Å². The molecule has 1 heterocycles. The van der Waals surface area contributed by atoms with Crippen LogP contribution in [0.4, 0.5) is 0 Å². The van der Waals surface area contributed by atoms with Gasteiger partial charge in [-0.3, -0.25) is 4.90 Å². The maximum absolute atomic E-state index is 6.07. The predicted octanol–water partition coefficient (Wildman–Crippen LogP) is 2.66. The lowest BCUT2D eigenvalue weighted by molar-refractivity contribution is 0.0809. The maximum atomic E-state index is 6.07. The van der Waals surface area contributed by atoms with Crippen LogP contribution in [-0.4, -0.2) is 38.3 Å². The molecule has 1 saturated heterocycles. The molecule has 1 aromatic carbocycles. The first-order chi connectivity index (χ1) is 9.65. The topological polar surface area (TPSA) is 38.5 Å². The molecule has 0 amide bonds. The quantitative estimate of drug-likeness (QED) is 0.898. The van der Waals surface area contributed by atoms with Crippen molar-refractivity contribution in [1.29, 1.82) is 0 Å². The van der Waals surface area contributed by atoms with Crippen LogP contribution in [0, 0.1) is 19.8 Å². The number of piperidine rings is 1. The first-order valence-electron chi connectivity index (χ1n) is 7.66. The fourth-order valence-electron chi connectivity index (χ4n) is 3.34. The Kier molecular flexibility index (Phi) is 5.58. The summed E-state index contributed by atoms with van der Waals surface area (Å²) in [5, 5.41) is 0. The van der Waals surface area contributed by atoms with Gasteiger partial charge < -0.3 is 10.5 Å². The van der Waals surface area contributed by atoms with Crippen molar-refractivity contribution in [3.05, 3.63) is 34.9 Å². The summed E-state index contributed by atoms with van der Waals surface area (Å²) >= 11 is 0. The van der Waals surface area contributed by atoms with E-state index in [-0.39, 0.29) is 0 Å². The Labute approximate surface area is 123 Å². The van der Waals surface area contributed by atoms with Gasteiger partial charge in [0.1, 0.15) is 0 Å². The normalized spacial score (nSPS) is 19.2. The standard InChI is InChI=1S/C17H28N2O/c1-13-4-5-16(14(2)10-13)17(11-18)19-8-6-15(7-9-19)12-20-3/h4-5,10,15,17H,6-9,11-12,18H2,1-3H3. The number of nitrogens with zero attached hydrogens (tertiary/aromatic N) is 1. The number of ether oxygens (including phenoxy) is 1. The Bertz CT molecular complexity index is 425. The molecule has 0 spiro atoms. The lowest BCUT2D eigenvalue weighted by Gasteiger charge is -2.37. The van der Waals surface area contributed by atoms with Gasteiger partial charge in [0, 0.05) is 26.3 Å². The molecule has 2 rings (SSSR count). The minimum Gasteiger partial charge on any atom is -0.384 e. The lowest BCUT2D eigenvalue weighted by Crippen LogP contribution is -2.40. The second-order valence-corrected chi connectivity index (χ2v) is 6.05. The fraction of sp³-hybridized carbons (Fsp3) is 0.647. The molecule has 1 unspecified atom stereocenters. The second-order valence-electron chi connectivity index (χ2n) is 6.05. The van der Waals surface area contributed by atoms with E-state index in [1.807, 2.05) is 0 Å². The molecule has 3 heteroatoms. The molecule has 20 heavy (non-hydrogen) atoms. The van der Waals surface area contributed by atoms with Crippen LogP contribution < -0.4 is 5.73 Å². The summed E-state index contributed by atoms with van der Waals surface area (Å²) in [6, 6.07) is 7.07. The molecule has 1 fully saturated rings. The lowest BCUT2D eigenvalue weighted by atomic mass is 9.93. The van der Waals surface area contributed by atoms with Crippen LogP contribution in [0.5, 0.6) is 0 Å². The molecule has 0 radical (unpaired) electrons. The van der Waals surface area contributed by atoms with Crippen molar-refractivity contribution in [2.45, 2.75) is 32.7 Å². The summed E-state index contributed by atoms with van der Waals surface area (Å²) in [6.45, 7) is 8.18. The van der Waals surface area contributed by atoms with Crippen molar-refractivity contribution >= 4 is 0 Å². The van der Waals surface area contributed by atoms with E-state index in [1.54, 1.807) is 7.11 Å². The van der Waals surface area contributed by atoms with Crippen molar-refractivity contribution in [2.75, 3.05) is 33.4 Å². The third kappa shape index (κ3) is 3.60. The van der Waals surface area contributed by atoms with E-state index in [0.29, 0.717) is 18.5 Å². The molecule has 1 aliphatic heterocycles. The van der Waals surface area contributed by atoms with Gasteiger partial charge in [0.15, 0.2) is 0 Å². The van der Waals surface area contributed by atoms with Gasteiger partial charge in [0.05, 0.1) is 0 Å². The Morgan fingerprint density at radius 3 is 2.55 bits per heavy atom. The molecule has 3 nitrogen and oxygen atoms in total. The molecule has 1 aliphatic rings. The predicted molar refractivity (Wildman–Crippen MR) is 83.9 cm³/mol. The summed E-state index contributed by atoms with van der Waals surface area (Å²) in [6.07, 6.45) is 2.44. The number of likely N-dealkylation sites (tertiary alicyclic amines) is 1. The number of hydrogen-bond acceptors (Lipinski definition) is 3. The average molecular weight is 276 g/mol. The minimum atomic E-state index is 0.360. The Hall–Kier alpha value is -0.900. The molecular formula is C17H28N2O. The van der Waals surface area contributed by atoms with E-state index < -0.39 is 0 Å². The smallest absolute Gasteiger partial charge is 0.0491 e. The van der Waals surface area contributed by atoms with Gasteiger partial charge in [-0.05, 0) is 56.8 Å². The third-order valence-electron chi connectivity index (χ3n) is 4.50. The third-order valence-corrected chi connectivity index (χ3v) is 4.50. The highest BCUT2D eigenvalue weighted by Gasteiger charge is 2.26. The number of hydrogen-bond donors (Lipinski definition) is 1. The number of benzene rings is 1. The van der Waals surface area contributed by atoms with Gasteiger partial charge in [0.25, 0.3) is 0 Å². The zero-order chi connectivity index (χ0) is 14.5. The largest absolute Gasteiger partial charge is 0.384 e. The molecule has 0 saturated carbocycles. The van der Waals surface area contributed by atoms with Gasteiger partial charge in [-0.2, -0.15) is 0 Å². The van der Waals surface area contributed by atoms with Crippen LogP contribution in [0.2, 0.25) is 0 Å². The van der Waals surface area contributed by atoms with Gasteiger partial charge in [0.2, 0.25) is 0 Å². The SMILES string of the molecule is COCC1CCN(C(CN)c2ccc(C)cc2C)CC1. The first kappa shape index (κ1) is 15.5. The summed E-state index contributed by atoms with van der Waals surface area (Å²) < 4.78 is 5.28. The molecule has 2 N–H and O–H groups in total. The average Bonchev–Trinajstić information content (AvgIpc) is 2.44. The molecule has 0 aromatic heterocycles. The van der Waals surface area contributed by atoms with Gasteiger partial charge in [-0.15, -0.1) is 0 Å². The number of nitrogens with two attached hydrogens (primary N) is 1. The first-order valence-corrected chi connectivity index (χ1v) is 7.66. The number of methoxy groups -OCH3 is 1. The van der Waals surface area contributed by atoms with Crippen molar-refractivity contribution in [1.82, 2.24) is 4.90 Å². The van der Waals surface area contributed by atoms with E-state index in [1.165, 1.54) is 29.5 Å². The van der Waals surface area contributed by atoms with Crippen LogP contribution in [0.3, 0.4) is 0 Å². The molecule has 0 bridgehead atoms. The highest BCUT2D eigenvalue weighted by atomic mass is 16.5. The van der Waals surface area contributed by atoms with Gasteiger partial charge in [-0.1, -0.05) is 23.8 Å². The fourth-order valence-corrected chi connectivity index (χ4v) is 3.34. The van der Waals surface area contributed by atoms with Gasteiger partial charge >= 0.3 is 0 Å². The summed E-state index contributed by atoms with van der Waals surface area (Å²) in [4.78, 5) is 2.55. The monoisotopic (exact) mass is 276 g/mol. The van der Waals surface area contributed by atoms with E-state index in [2.05, 4.69) is 36.9 Å². The van der Waals surface area contributed by atoms with Crippen LogP contribution in [0.15, 0.2) is 18.2 Å². The van der Waals surface area contributed by atoms with Crippen LogP contribution in [-0.2, 0) is 4.74 Å². The zero-order valence-electron chi connectivity index (χ0n) is 13.1. The van der Waals surface area contributed by atoms with E-state index in [4.69, 9.17) is 10.5 Å². The molecule has 0 aliphatic carbocycles. The highest BCUT2D eigenvalue weighted by molar-refractivity contribution is 5.33. The Morgan fingerprint density at radius 2 is 2.00 bits per heavy atom. The molecular weight excluding hydrogens is 248 g/mol. The van der Waals surface area contributed by atoms with Crippen LogP contribution >= 0.6 is 0 Å². The Balaban J connectivity index is 2.05. The second kappa shape index (κ2) is 7.21. The minimum absolute atomic E-state index is 0.360. The van der Waals surface area contributed by atoms with E-state index >= 15 is 0 Å². The van der Waals surface area contributed by atoms with Crippen LogP contribution in [0.1, 0.15) is 35.6 Å². The van der Waals surface area contributed by atoms with Crippen molar-refractivity contribution < 1.29 is 4.74 Å². The number of rotatable bonds is 5. The molecule has 1 atom stereocenters. The zero-order valence-corrected chi connectivity index (χ0v) is 13.1. The Morgan fingerprint density at radius 1 is 1.30 bits per heavy atom. The van der Waals surface area contributed by atoms with Crippen molar-refractivity contribution in [3.8, 4) is 0 Å².